The number of hydrogen-bond donors (Lipinski definition) is 3. The molecule has 0 fully saturated rings. The van der Waals surface area contributed by atoms with Crippen molar-refractivity contribution >= 4 is 35.4 Å². The first-order chi connectivity index (χ1) is 13.5. The first-order valence-electron chi connectivity index (χ1n) is 9.05. The SMILES string of the molecule is C=N/C(=C\C(=C)Nc1ccc(C(=O)O)cc1)c1ccc2c(c1)N(C)CN2.CC. The zero-order valence-corrected chi connectivity index (χ0v) is 16.5. The van der Waals surface area contributed by atoms with Gasteiger partial charge in [0.1, 0.15) is 0 Å². The van der Waals surface area contributed by atoms with E-state index in [1.54, 1.807) is 12.1 Å². The van der Waals surface area contributed by atoms with Gasteiger partial charge in [0.05, 0.1) is 29.3 Å². The van der Waals surface area contributed by atoms with E-state index >= 15 is 0 Å². The largest absolute Gasteiger partial charge is 0.478 e. The lowest BCUT2D eigenvalue weighted by molar-refractivity contribution is 0.0697. The van der Waals surface area contributed by atoms with Gasteiger partial charge in [-0.25, -0.2) is 4.79 Å². The lowest BCUT2D eigenvalue weighted by Crippen LogP contribution is -2.15. The molecule has 6 nitrogen and oxygen atoms in total. The van der Waals surface area contributed by atoms with Gasteiger partial charge < -0.3 is 20.6 Å². The van der Waals surface area contributed by atoms with Gasteiger partial charge in [0.15, 0.2) is 0 Å². The molecule has 28 heavy (non-hydrogen) atoms. The van der Waals surface area contributed by atoms with E-state index in [0.29, 0.717) is 11.4 Å². The highest BCUT2D eigenvalue weighted by Gasteiger charge is 2.15. The first kappa shape index (κ1) is 20.8. The van der Waals surface area contributed by atoms with Gasteiger partial charge in [0.2, 0.25) is 0 Å². The van der Waals surface area contributed by atoms with Crippen LogP contribution < -0.4 is 15.5 Å². The molecular weight excluding hydrogens is 352 g/mol. The average Bonchev–Trinajstić information content (AvgIpc) is 3.08. The maximum Gasteiger partial charge on any atom is 0.335 e. The normalized spacial score (nSPS) is 12.2. The van der Waals surface area contributed by atoms with E-state index in [-0.39, 0.29) is 5.56 Å². The Labute approximate surface area is 165 Å². The molecule has 0 bridgehead atoms. The van der Waals surface area contributed by atoms with Crippen LogP contribution in [0.5, 0.6) is 0 Å². The first-order valence-corrected chi connectivity index (χ1v) is 9.05. The van der Waals surface area contributed by atoms with Gasteiger partial charge in [-0.2, -0.15) is 0 Å². The second-order valence-corrected chi connectivity index (χ2v) is 5.99. The molecule has 0 unspecified atom stereocenters. The predicted octanol–water partition coefficient (Wildman–Crippen LogP) is 4.90. The average molecular weight is 378 g/mol. The van der Waals surface area contributed by atoms with Gasteiger partial charge in [-0.1, -0.05) is 26.5 Å². The molecule has 0 aliphatic carbocycles. The maximum atomic E-state index is 10.9. The Kier molecular flexibility index (Phi) is 6.98. The van der Waals surface area contributed by atoms with Crippen LogP contribution in [0.2, 0.25) is 0 Å². The third kappa shape index (κ3) is 4.79. The summed E-state index contributed by atoms with van der Waals surface area (Å²) >= 11 is 0. The summed E-state index contributed by atoms with van der Waals surface area (Å²) in [5.74, 6) is -0.954. The van der Waals surface area contributed by atoms with E-state index in [1.165, 1.54) is 12.1 Å². The van der Waals surface area contributed by atoms with E-state index < -0.39 is 5.97 Å². The van der Waals surface area contributed by atoms with Gasteiger partial charge in [-0.3, -0.25) is 4.99 Å². The van der Waals surface area contributed by atoms with Crippen LogP contribution in [0.15, 0.2) is 65.8 Å². The number of carboxylic acids is 1. The van der Waals surface area contributed by atoms with E-state index in [1.807, 2.05) is 39.1 Å². The molecule has 0 spiro atoms. The molecule has 3 rings (SSSR count). The van der Waals surface area contributed by atoms with Gasteiger partial charge in [0.25, 0.3) is 0 Å². The van der Waals surface area contributed by atoms with Crippen molar-refractivity contribution in [2.24, 2.45) is 4.99 Å². The number of fused-ring (bicyclic) bond motifs is 1. The van der Waals surface area contributed by atoms with Crippen molar-refractivity contribution < 1.29 is 9.90 Å². The molecule has 1 aliphatic heterocycles. The van der Waals surface area contributed by atoms with Crippen LogP contribution in [-0.2, 0) is 0 Å². The molecule has 2 aromatic rings. The Morgan fingerprint density at radius 3 is 2.46 bits per heavy atom. The molecule has 0 amide bonds. The van der Waals surface area contributed by atoms with Crippen LogP contribution in [0, 0.1) is 0 Å². The lowest BCUT2D eigenvalue weighted by Gasteiger charge is -2.12. The van der Waals surface area contributed by atoms with Gasteiger partial charge in [0, 0.05) is 24.0 Å². The van der Waals surface area contributed by atoms with Crippen LogP contribution in [0.1, 0.15) is 29.8 Å². The molecule has 2 aromatic carbocycles. The highest BCUT2D eigenvalue weighted by Crippen LogP contribution is 2.33. The zero-order valence-electron chi connectivity index (χ0n) is 16.5. The van der Waals surface area contributed by atoms with Crippen molar-refractivity contribution in [3.8, 4) is 0 Å². The van der Waals surface area contributed by atoms with Crippen molar-refractivity contribution in [3.63, 3.8) is 0 Å². The van der Waals surface area contributed by atoms with Crippen molar-refractivity contribution in [3.05, 3.63) is 71.9 Å². The molecule has 0 atom stereocenters. The number of rotatable bonds is 6. The minimum atomic E-state index is -0.954. The number of aliphatic imine (C=N–C) groups is 1. The summed E-state index contributed by atoms with van der Waals surface area (Å²) in [6.45, 7) is 12.4. The second-order valence-electron chi connectivity index (χ2n) is 5.99. The van der Waals surface area contributed by atoms with Crippen molar-refractivity contribution in [1.29, 1.82) is 0 Å². The smallest absolute Gasteiger partial charge is 0.335 e. The Morgan fingerprint density at radius 2 is 1.86 bits per heavy atom. The van der Waals surface area contributed by atoms with E-state index in [2.05, 4.69) is 39.9 Å². The Bertz CT molecular complexity index is 901. The van der Waals surface area contributed by atoms with Gasteiger partial charge in [-0.15, -0.1) is 0 Å². The predicted molar refractivity (Wildman–Crippen MR) is 118 cm³/mol. The number of anilines is 3. The summed E-state index contributed by atoms with van der Waals surface area (Å²) in [7, 11) is 2.02. The molecule has 0 saturated carbocycles. The molecule has 6 heteroatoms. The van der Waals surface area contributed by atoms with E-state index in [4.69, 9.17) is 5.11 Å². The van der Waals surface area contributed by atoms with E-state index in [9.17, 15) is 4.79 Å². The number of carbonyl (C=O) groups is 1. The Morgan fingerprint density at radius 1 is 1.21 bits per heavy atom. The van der Waals surface area contributed by atoms with E-state index in [0.717, 1.165) is 29.3 Å². The highest BCUT2D eigenvalue weighted by atomic mass is 16.4. The highest BCUT2D eigenvalue weighted by molar-refractivity contribution is 5.88. The number of nitrogens with zero attached hydrogens (tertiary/aromatic N) is 2. The molecule has 0 radical (unpaired) electrons. The maximum absolute atomic E-state index is 10.9. The summed E-state index contributed by atoms with van der Waals surface area (Å²) in [4.78, 5) is 17.1. The fourth-order valence-electron chi connectivity index (χ4n) is 2.75. The summed E-state index contributed by atoms with van der Waals surface area (Å²) in [6, 6.07) is 12.5. The molecule has 3 N–H and O–H groups in total. The van der Waals surface area contributed by atoms with Crippen LogP contribution in [0.3, 0.4) is 0 Å². The minimum Gasteiger partial charge on any atom is -0.478 e. The van der Waals surface area contributed by atoms with Gasteiger partial charge >= 0.3 is 5.97 Å². The molecular formula is C22H26N4O2. The molecule has 1 aliphatic rings. The molecule has 1 heterocycles. The number of carboxylic acid groups (broad SMARTS) is 1. The van der Waals surface area contributed by atoms with Crippen molar-refractivity contribution in [2.45, 2.75) is 13.8 Å². The van der Waals surface area contributed by atoms with Crippen molar-refractivity contribution in [1.82, 2.24) is 0 Å². The van der Waals surface area contributed by atoms with Crippen LogP contribution in [-0.4, -0.2) is 31.5 Å². The monoisotopic (exact) mass is 378 g/mol. The Balaban J connectivity index is 0.00000136. The summed E-state index contributed by atoms with van der Waals surface area (Å²) < 4.78 is 0. The summed E-state index contributed by atoms with van der Waals surface area (Å²) in [6.07, 6.45) is 1.81. The van der Waals surface area contributed by atoms with Crippen LogP contribution >= 0.6 is 0 Å². The number of benzene rings is 2. The Hall–Kier alpha value is -3.54. The standard InChI is InChI=1S/C20H20N4O2.C2H6/c1-13(23-16-7-4-14(5-8-16)20(25)26)10-18(21-2)15-6-9-17-19(11-15)24(3)12-22-17;1-2/h4-11,22-23H,1-2,12H2,3H3,(H,25,26);1-2H3/b18-10-;. The summed E-state index contributed by atoms with van der Waals surface area (Å²) in [5.41, 5.74) is 5.46. The fourth-order valence-corrected chi connectivity index (χ4v) is 2.75. The number of nitrogens with one attached hydrogen (secondary N) is 2. The molecule has 146 valence electrons. The quantitative estimate of drug-likeness (QED) is 0.492. The summed E-state index contributed by atoms with van der Waals surface area (Å²) in [5, 5.41) is 15.4. The molecule has 0 aromatic heterocycles. The van der Waals surface area contributed by atoms with Crippen LogP contribution in [0.4, 0.5) is 17.1 Å². The minimum absolute atomic E-state index is 0.237. The number of hydrogen-bond acceptors (Lipinski definition) is 5. The van der Waals surface area contributed by atoms with Crippen molar-refractivity contribution in [2.75, 3.05) is 29.2 Å². The third-order valence-electron chi connectivity index (χ3n) is 4.13. The fraction of sp³-hybridized carbons (Fsp3) is 0.182. The molecule has 0 saturated heterocycles. The lowest BCUT2D eigenvalue weighted by atomic mass is 10.1. The number of aromatic carboxylic acids is 1. The topological polar surface area (TPSA) is 77.0 Å². The third-order valence-corrected chi connectivity index (χ3v) is 4.13. The zero-order chi connectivity index (χ0) is 20.7. The van der Waals surface area contributed by atoms with Crippen LogP contribution in [0.25, 0.3) is 5.70 Å². The second kappa shape index (κ2) is 9.41. The number of allylic oxidation sites excluding steroid dienone is 1. The van der Waals surface area contributed by atoms with Gasteiger partial charge in [-0.05, 0) is 49.2 Å².